The Labute approximate surface area is 209 Å². The summed E-state index contributed by atoms with van der Waals surface area (Å²) in [7, 11) is 1.52. The lowest BCUT2D eigenvalue weighted by Crippen LogP contribution is -2.40. The number of hydrazone groups is 1. The Hall–Kier alpha value is -3.71. The van der Waals surface area contributed by atoms with Crippen molar-refractivity contribution in [1.82, 2.24) is 15.0 Å². The third-order valence-corrected chi connectivity index (χ3v) is 5.42. The number of benzene rings is 1. The molecule has 1 aromatic heterocycles. The SMILES string of the molecule is CCOC(=O)COc1ccc(/C=N/Nc2nc(N3CCOCC3)nc(N3CCOCC3)n2)cc1OC. The highest BCUT2D eigenvalue weighted by Crippen LogP contribution is 2.27. The summed E-state index contributed by atoms with van der Waals surface area (Å²) in [6.45, 7) is 7.17. The minimum atomic E-state index is -0.445. The molecule has 2 aliphatic heterocycles. The molecule has 2 aliphatic rings. The van der Waals surface area contributed by atoms with Crippen molar-refractivity contribution < 1.29 is 28.5 Å². The summed E-state index contributed by atoms with van der Waals surface area (Å²) in [4.78, 5) is 29.5. The van der Waals surface area contributed by atoms with Crippen molar-refractivity contribution in [3.8, 4) is 11.5 Å². The number of anilines is 3. The van der Waals surface area contributed by atoms with E-state index in [0.717, 1.165) is 5.56 Å². The van der Waals surface area contributed by atoms with Gasteiger partial charge in [0.05, 0.1) is 46.4 Å². The number of methoxy groups -OCH3 is 1. The van der Waals surface area contributed by atoms with Crippen LogP contribution in [0.15, 0.2) is 23.3 Å². The lowest BCUT2D eigenvalue weighted by atomic mass is 10.2. The lowest BCUT2D eigenvalue weighted by Gasteiger charge is -2.30. The number of nitrogens with zero attached hydrogens (tertiary/aromatic N) is 6. The molecule has 3 heterocycles. The summed E-state index contributed by atoms with van der Waals surface area (Å²) in [5.41, 5.74) is 3.67. The summed E-state index contributed by atoms with van der Waals surface area (Å²) < 4.78 is 26.7. The molecule has 1 N–H and O–H groups in total. The zero-order chi connectivity index (χ0) is 25.2. The van der Waals surface area contributed by atoms with Gasteiger partial charge in [-0.15, -0.1) is 0 Å². The van der Waals surface area contributed by atoms with Crippen LogP contribution in [0.5, 0.6) is 11.5 Å². The van der Waals surface area contributed by atoms with E-state index in [2.05, 4.69) is 35.3 Å². The van der Waals surface area contributed by atoms with E-state index in [1.807, 2.05) is 0 Å². The molecular weight excluding hydrogens is 470 g/mol. The third-order valence-electron chi connectivity index (χ3n) is 5.42. The van der Waals surface area contributed by atoms with E-state index in [0.29, 0.717) is 88.6 Å². The number of rotatable bonds is 10. The molecule has 4 rings (SSSR count). The number of morpholine rings is 2. The fourth-order valence-corrected chi connectivity index (χ4v) is 3.60. The van der Waals surface area contributed by atoms with Crippen LogP contribution in [-0.4, -0.2) is 100 Å². The van der Waals surface area contributed by atoms with Gasteiger partial charge in [-0.25, -0.2) is 10.2 Å². The third kappa shape index (κ3) is 6.92. The molecular formula is C23H31N7O6. The number of carbonyl (C=O) groups excluding carboxylic acids is 1. The first kappa shape index (κ1) is 25.4. The van der Waals surface area contributed by atoms with Crippen LogP contribution in [0.2, 0.25) is 0 Å². The monoisotopic (exact) mass is 501 g/mol. The molecule has 1 aromatic carbocycles. The van der Waals surface area contributed by atoms with Crippen LogP contribution in [0, 0.1) is 0 Å². The Morgan fingerprint density at radius 2 is 1.67 bits per heavy atom. The molecule has 194 valence electrons. The molecule has 0 radical (unpaired) electrons. The smallest absolute Gasteiger partial charge is 0.344 e. The molecule has 0 saturated carbocycles. The maximum Gasteiger partial charge on any atom is 0.344 e. The molecule has 0 aliphatic carbocycles. The van der Waals surface area contributed by atoms with Crippen molar-refractivity contribution in [2.75, 3.05) is 88.2 Å². The quantitative estimate of drug-likeness (QED) is 0.282. The number of carbonyl (C=O) groups is 1. The first-order valence-corrected chi connectivity index (χ1v) is 11.8. The first-order chi connectivity index (χ1) is 17.7. The normalized spacial score (nSPS) is 16.2. The van der Waals surface area contributed by atoms with Gasteiger partial charge in [0.25, 0.3) is 0 Å². The van der Waals surface area contributed by atoms with Gasteiger partial charge in [0, 0.05) is 26.2 Å². The molecule has 2 fully saturated rings. The molecule has 2 aromatic rings. The van der Waals surface area contributed by atoms with Crippen molar-refractivity contribution in [3.63, 3.8) is 0 Å². The molecule has 13 nitrogen and oxygen atoms in total. The van der Waals surface area contributed by atoms with E-state index in [4.69, 9.17) is 23.7 Å². The number of esters is 1. The summed E-state index contributed by atoms with van der Waals surface area (Å²) in [5.74, 6) is 1.95. The second kappa shape index (κ2) is 12.8. The predicted octanol–water partition coefficient (Wildman–Crippen LogP) is 0.941. The molecule has 0 atom stereocenters. The Bertz CT molecular complexity index is 1010. The number of ether oxygens (including phenoxy) is 5. The highest BCUT2D eigenvalue weighted by Gasteiger charge is 2.20. The highest BCUT2D eigenvalue weighted by atomic mass is 16.6. The van der Waals surface area contributed by atoms with Gasteiger partial charge in [0.1, 0.15) is 0 Å². The lowest BCUT2D eigenvalue weighted by molar-refractivity contribution is -0.145. The summed E-state index contributed by atoms with van der Waals surface area (Å²) in [6, 6.07) is 5.24. The number of hydrogen-bond donors (Lipinski definition) is 1. The average molecular weight is 502 g/mol. The molecule has 2 saturated heterocycles. The fourth-order valence-electron chi connectivity index (χ4n) is 3.60. The summed E-state index contributed by atoms with van der Waals surface area (Å²) in [6.07, 6.45) is 1.62. The van der Waals surface area contributed by atoms with E-state index in [1.54, 1.807) is 31.3 Å². The number of nitrogens with one attached hydrogen (secondary N) is 1. The zero-order valence-corrected chi connectivity index (χ0v) is 20.5. The van der Waals surface area contributed by atoms with Crippen LogP contribution in [0.25, 0.3) is 0 Å². The Morgan fingerprint density at radius 3 is 2.25 bits per heavy atom. The molecule has 0 unspecified atom stereocenters. The van der Waals surface area contributed by atoms with Gasteiger partial charge in [-0.1, -0.05) is 0 Å². The Morgan fingerprint density at radius 1 is 1.03 bits per heavy atom. The standard InChI is InChI=1S/C23H31N7O6/c1-3-35-20(31)16-36-18-5-4-17(14-19(18)32-2)15-24-28-21-25-22(29-6-10-33-11-7-29)27-23(26-21)30-8-12-34-13-9-30/h4-5,14-15H,3,6-13,16H2,1-2H3,(H,25,26,27,28)/b24-15+. The maximum atomic E-state index is 11.6. The maximum absolute atomic E-state index is 11.6. The molecule has 36 heavy (non-hydrogen) atoms. The van der Waals surface area contributed by atoms with Crippen LogP contribution >= 0.6 is 0 Å². The Balaban J connectivity index is 1.46. The van der Waals surface area contributed by atoms with Crippen molar-refractivity contribution in [3.05, 3.63) is 23.8 Å². The number of hydrogen-bond acceptors (Lipinski definition) is 13. The van der Waals surface area contributed by atoms with Crippen LogP contribution in [0.3, 0.4) is 0 Å². The molecule has 0 bridgehead atoms. The van der Waals surface area contributed by atoms with Gasteiger partial charge >= 0.3 is 5.97 Å². The van der Waals surface area contributed by atoms with Gasteiger partial charge in [0.2, 0.25) is 17.8 Å². The molecule has 0 spiro atoms. The van der Waals surface area contributed by atoms with E-state index in [9.17, 15) is 4.79 Å². The largest absolute Gasteiger partial charge is 0.493 e. The van der Waals surface area contributed by atoms with Crippen LogP contribution in [-0.2, 0) is 19.0 Å². The van der Waals surface area contributed by atoms with Crippen LogP contribution in [0.4, 0.5) is 17.8 Å². The topological polar surface area (TPSA) is 133 Å². The fraction of sp³-hybridized carbons (Fsp3) is 0.522. The molecule has 13 heteroatoms. The van der Waals surface area contributed by atoms with Gasteiger partial charge in [0.15, 0.2) is 18.1 Å². The van der Waals surface area contributed by atoms with E-state index in [1.165, 1.54) is 7.11 Å². The van der Waals surface area contributed by atoms with Crippen molar-refractivity contribution in [2.45, 2.75) is 6.92 Å². The van der Waals surface area contributed by atoms with E-state index < -0.39 is 5.97 Å². The van der Waals surface area contributed by atoms with E-state index in [-0.39, 0.29) is 6.61 Å². The average Bonchev–Trinajstić information content (AvgIpc) is 2.93. The number of aromatic nitrogens is 3. The van der Waals surface area contributed by atoms with Crippen LogP contribution < -0.4 is 24.7 Å². The second-order valence-corrected chi connectivity index (χ2v) is 7.83. The van der Waals surface area contributed by atoms with Crippen molar-refractivity contribution in [2.24, 2.45) is 5.10 Å². The zero-order valence-electron chi connectivity index (χ0n) is 20.5. The predicted molar refractivity (Wildman–Crippen MR) is 132 cm³/mol. The van der Waals surface area contributed by atoms with E-state index >= 15 is 0 Å². The van der Waals surface area contributed by atoms with Gasteiger partial charge < -0.3 is 33.5 Å². The van der Waals surface area contributed by atoms with Gasteiger partial charge in [-0.05, 0) is 30.7 Å². The minimum Gasteiger partial charge on any atom is -0.493 e. The highest BCUT2D eigenvalue weighted by molar-refractivity contribution is 5.81. The van der Waals surface area contributed by atoms with Crippen molar-refractivity contribution in [1.29, 1.82) is 0 Å². The van der Waals surface area contributed by atoms with Gasteiger partial charge in [-0.3, -0.25) is 0 Å². The summed E-state index contributed by atoms with van der Waals surface area (Å²) in [5, 5.41) is 4.30. The second-order valence-electron chi connectivity index (χ2n) is 7.83. The minimum absolute atomic E-state index is 0.199. The van der Waals surface area contributed by atoms with Gasteiger partial charge in [-0.2, -0.15) is 20.1 Å². The van der Waals surface area contributed by atoms with Crippen molar-refractivity contribution >= 4 is 30.0 Å². The van der Waals surface area contributed by atoms with Crippen LogP contribution in [0.1, 0.15) is 12.5 Å². The molecule has 0 amide bonds. The summed E-state index contributed by atoms with van der Waals surface area (Å²) >= 11 is 0. The first-order valence-electron chi connectivity index (χ1n) is 11.8. The Kier molecular flexibility index (Phi) is 9.05.